The maximum absolute atomic E-state index is 12.5. The SMILES string of the molecule is CC(NC(=O)OC(C)(C)C)c1nnc(S(=O)(=O)Cc2ccc(Cl)c(Cl)c2)o1. The summed E-state index contributed by atoms with van der Waals surface area (Å²) in [6.45, 7) is 6.72. The molecule has 1 unspecified atom stereocenters. The number of ether oxygens (including phenoxy) is 1. The second kappa shape index (κ2) is 8.04. The van der Waals surface area contributed by atoms with E-state index >= 15 is 0 Å². The van der Waals surface area contributed by atoms with Crippen LogP contribution < -0.4 is 5.32 Å². The Balaban J connectivity index is 2.10. The van der Waals surface area contributed by atoms with E-state index in [0.717, 1.165) is 0 Å². The van der Waals surface area contributed by atoms with Gasteiger partial charge in [-0.1, -0.05) is 34.4 Å². The zero-order valence-electron chi connectivity index (χ0n) is 15.1. The number of nitrogens with zero attached hydrogens (tertiary/aromatic N) is 2. The molecular weight excluding hydrogens is 417 g/mol. The van der Waals surface area contributed by atoms with Crippen LogP contribution in [0.25, 0.3) is 0 Å². The van der Waals surface area contributed by atoms with Crippen LogP contribution in [0.1, 0.15) is 45.2 Å². The van der Waals surface area contributed by atoms with Gasteiger partial charge in [-0.15, -0.1) is 5.10 Å². The Morgan fingerprint density at radius 2 is 1.93 bits per heavy atom. The number of hydrogen-bond acceptors (Lipinski definition) is 7. The molecule has 27 heavy (non-hydrogen) atoms. The molecule has 0 aliphatic carbocycles. The molecular formula is C16H19Cl2N3O5S. The summed E-state index contributed by atoms with van der Waals surface area (Å²) < 4.78 is 35.3. The molecule has 8 nitrogen and oxygen atoms in total. The first kappa shape index (κ1) is 21.5. The van der Waals surface area contributed by atoms with Gasteiger partial charge in [-0.3, -0.25) is 0 Å². The van der Waals surface area contributed by atoms with E-state index in [2.05, 4.69) is 15.5 Å². The van der Waals surface area contributed by atoms with Gasteiger partial charge in [0.1, 0.15) is 11.6 Å². The Morgan fingerprint density at radius 3 is 2.52 bits per heavy atom. The molecule has 0 saturated carbocycles. The third kappa shape index (κ3) is 6.08. The quantitative estimate of drug-likeness (QED) is 0.756. The van der Waals surface area contributed by atoms with Crippen molar-refractivity contribution in [1.29, 1.82) is 0 Å². The van der Waals surface area contributed by atoms with E-state index in [1.165, 1.54) is 18.2 Å². The molecule has 2 rings (SSSR count). The summed E-state index contributed by atoms with van der Waals surface area (Å²) in [5.41, 5.74) is -0.253. The molecule has 148 valence electrons. The number of aromatic nitrogens is 2. The Kier molecular flexibility index (Phi) is 6.39. The van der Waals surface area contributed by atoms with Crippen molar-refractivity contribution in [3.05, 3.63) is 39.7 Å². The monoisotopic (exact) mass is 435 g/mol. The second-order valence-corrected chi connectivity index (χ2v) is 9.46. The smallest absolute Gasteiger partial charge is 0.408 e. The van der Waals surface area contributed by atoms with Gasteiger partial charge in [0.2, 0.25) is 15.7 Å². The first-order valence-corrected chi connectivity index (χ1v) is 10.3. The summed E-state index contributed by atoms with van der Waals surface area (Å²) in [5, 5.41) is 9.77. The average Bonchev–Trinajstić information content (AvgIpc) is 2.99. The highest BCUT2D eigenvalue weighted by atomic mass is 35.5. The number of carbonyl (C=O) groups is 1. The maximum Gasteiger partial charge on any atom is 0.408 e. The highest BCUT2D eigenvalue weighted by Crippen LogP contribution is 2.25. The minimum absolute atomic E-state index is 0.0615. The first-order valence-electron chi connectivity index (χ1n) is 7.87. The van der Waals surface area contributed by atoms with E-state index in [-0.39, 0.29) is 16.7 Å². The van der Waals surface area contributed by atoms with Gasteiger partial charge >= 0.3 is 11.3 Å². The minimum Gasteiger partial charge on any atom is -0.444 e. The first-order chi connectivity index (χ1) is 12.4. The van der Waals surface area contributed by atoms with Gasteiger partial charge < -0.3 is 14.5 Å². The average molecular weight is 436 g/mol. The van der Waals surface area contributed by atoms with Crippen molar-refractivity contribution < 1.29 is 22.4 Å². The van der Waals surface area contributed by atoms with Crippen molar-refractivity contribution in [2.75, 3.05) is 0 Å². The summed E-state index contributed by atoms with van der Waals surface area (Å²) in [6, 6.07) is 3.75. The van der Waals surface area contributed by atoms with Crippen molar-refractivity contribution in [1.82, 2.24) is 15.5 Å². The summed E-state index contributed by atoms with van der Waals surface area (Å²) in [5.74, 6) is -0.451. The predicted octanol–water partition coefficient (Wildman–Crippen LogP) is 3.94. The molecule has 0 radical (unpaired) electrons. The molecule has 1 aromatic heterocycles. The van der Waals surface area contributed by atoms with Gasteiger partial charge in [-0.25, -0.2) is 13.2 Å². The molecule has 0 spiro atoms. The molecule has 0 saturated heterocycles. The topological polar surface area (TPSA) is 111 Å². The van der Waals surface area contributed by atoms with Gasteiger partial charge in [0.25, 0.3) is 0 Å². The van der Waals surface area contributed by atoms with E-state index in [0.29, 0.717) is 10.6 Å². The lowest BCUT2D eigenvalue weighted by Crippen LogP contribution is -2.34. The van der Waals surface area contributed by atoms with Crippen LogP contribution in [-0.2, 0) is 20.3 Å². The van der Waals surface area contributed by atoms with E-state index in [4.69, 9.17) is 32.4 Å². The summed E-state index contributed by atoms with van der Waals surface area (Å²) >= 11 is 11.7. The van der Waals surface area contributed by atoms with Crippen molar-refractivity contribution >= 4 is 39.1 Å². The summed E-state index contributed by atoms with van der Waals surface area (Å²) in [4.78, 5) is 11.8. The van der Waals surface area contributed by atoms with Crippen LogP contribution in [-0.4, -0.2) is 30.3 Å². The molecule has 0 aliphatic rings. The Labute approximate surface area is 167 Å². The van der Waals surface area contributed by atoms with Crippen LogP contribution in [0.5, 0.6) is 0 Å². The molecule has 2 aromatic rings. The van der Waals surface area contributed by atoms with Crippen LogP contribution in [0.2, 0.25) is 10.0 Å². The minimum atomic E-state index is -3.90. The summed E-state index contributed by atoms with van der Waals surface area (Å²) in [6.07, 6.45) is -0.687. The van der Waals surface area contributed by atoms with E-state index < -0.39 is 32.8 Å². The molecule has 1 N–H and O–H groups in total. The molecule has 11 heteroatoms. The number of sulfone groups is 1. The fourth-order valence-electron chi connectivity index (χ4n) is 1.98. The molecule has 0 fully saturated rings. The number of carbonyl (C=O) groups excluding carboxylic acids is 1. The Hall–Kier alpha value is -1.84. The molecule has 0 bridgehead atoms. The Morgan fingerprint density at radius 1 is 1.26 bits per heavy atom. The third-order valence-electron chi connectivity index (χ3n) is 3.13. The van der Waals surface area contributed by atoms with Crippen LogP contribution in [0.4, 0.5) is 4.79 Å². The number of benzene rings is 1. The van der Waals surface area contributed by atoms with Crippen LogP contribution in [0.3, 0.4) is 0 Å². The lowest BCUT2D eigenvalue weighted by Gasteiger charge is -2.20. The standard InChI is InChI=1S/C16H19Cl2N3O5S/c1-9(19-14(22)26-16(2,3)4)13-20-21-15(25-13)27(23,24)8-10-5-6-11(17)12(18)7-10/h5-7,9H,8H2,1-4H3,(H,19,22). The van der Waals surface area contributed by atoms with Gasteiger partial charge in [-0.2, -0.15) is 0 Å². The fraction of sp³-hybridized carbons (Fsp3) is 0.438. The van der Waals surface area contributed by atoms with Gasteiger partial charge in [0.15, 0.2) is 0 Å². The highest BCUT2D eigenvalue weighted by Gasteiger charge is 2.26. The van der Waals surface area contributed by atoms with Crippen LogP contribution in [0.15, 0.2) is 27.8 Å². The molecule has 1 heterocycles. The number of amides is 1. The fourth-order valence-corrected chi connectivity index (χ4v) is 3.42. The van der Waals surface area contributed by atoms with Crippen LogP contribution in [0, 0.1) is 0 Å². The van der Waals surface area contributed by atoms with Gasteiger partial charge in [0.05, 0.1) is 15.8 Å². The highest BCUT2D eigenvalue weighted by molar-refractivity contribution is 7.90. The lowest BCUT2D eigenvalue weighted by molar-refractivity contribution is 0.0500. The maximum atomic E-state index is 12.5. The molecule has 0 aliphatic heterocycles. The number of rotatable bonds is 5. The number of nitrogens with one attached hydrogen (secondary N) is 1. The van der Waals surface area contributed by atoms with Crippen molar-refractivity contribution in [2.45, 2.75) is 50.3 Å². The zero-order valence-corrected chi connectivity index (χ0v) is 17.4. The zero-order chi connectivity index (χ0) is 20.4. The van der Waals surface area contributed by atoms with Gasteiger partial charge in [-0.05, 0) is 45.4 Å². The third-order valence-corrected chi connectivity index (χ3v) is 5.28. The normalized spacial score (nSPS) is 13.3. The molecule has 1 atom stereocenters. The summed E-state index contributed by atoms with van der Waals surface area (Å²) in [7, 11) is -3.90. The van der Waals surface area contributed by atoms with Crippen molar-refractivity contribution in [2.24, 2.45) is 0 Å². The predicted molar refractivity (Wildman–Crippen MR) is 99.4 cm³/mol. The number of halogens is 2. The van der Waals surface area contributed by atoms with E-state index in [1.54, 1.807) is 27.7 Å². The largest absolute Gasteiger partial charge is 0.444 e. The number of hydrogen-bond donors (Lipinski definition) is 1. The second-order valence-electron chi connectivity index (χ2n) is 6.78. The number of alkyl carbamates (subject to hydrolysis) is 1. The van der Waals surface area contributed by atoms with Crippen LogP contribution >= 0.6 is 23.2 Å². The lowest BCUT2D eigenvalue weighted by atomic mass is 10.2. The van der Waals surface area contributed by atoms with Gasteiger partial charge in [0, 0.05) is 0 Å². The molecule has 1 amide bonds. The van der Waals surface area contributed by atoms with E-state index in [9.17, 15) is 13.2 Å². The molecule has 1 aromatic carbocycles. The van der Waals surface area contributed by atoms with Crippen molar-refractivity contribution in [3.8, 4) is 0 Å². The van der Waals surface area contributed by atoms with E-state index in [1.807, 2.05) is 0 Å². The van der Waals surface area contributed by atoms with Crippen molar-refractivity contribution in [3.63, 3.8) is 0 Å². The Bertz CT molecular complexity index is 938.